The summed E-state index contributed by atoms with van der Waals surface area (Å²) in [7, 11) is 0. The first kappa shape index (κ1) is 37.1. The summed E-state index contributed by atoms with van der Waals surface area (Å²) in [5, 5.41) is 30.1. The first-order valence-electron chi connectivity index (χ1n) is 15.4. The van der Waals surface area contributed by atoms with Crippen LogP contribution in [0.4, 0.5) is 13.2 Å². The van der Waals surface area contributed by atoms with Gasteiger partial charge < -0.3 is 28.9 Å². The molecule has 9 nitrogen and oxygen atoms in total. The van der Waals surface area contributed by atoms with Gasteiger partial charge in [0.1, 0.15) is 28.9 Å². The monoisotopic (exact) mass is 700 g/mol. The smallest absolute Gasteiger partial charge is 0.449 e. The van der Waals surface area contributed by atoms with E-state index in [2.05, 4.69) is 0 Å². The maximum Gasteiger partial charge on any atom is 0.449 e. The summed E-state index contributed by atoms with van der Waals surface area (Å²) >= 11 is 1.05. The summed E-state index contributed by atoms with van der Waals surface area (Å²) < 4.78 is 55.6. The third-order valence-corrected chi connectivity index (χ3v) is 8.60. The van der Waals surface area contributed by atoms with Gasteiger partial charge in [-0.25, -0.2) is 4.79 Å². The third-order valence-electron chi connectivity index (χ3n) is 7.38. The summed E-state index contributed by atoms with van der Waals surface area (Å²) in [5.74, 6) is -3.25. The Labute approximate surface area is 283 Å². The number of hydrogen-bond acceptors (Lipinski definition) is 9. The molecule has 260 valence electrons. The Morgan fingerprint density at radius 1 is 1.04 bits per heavy atom. The molecule has 4 rings (SSSR count). The van der Waals surface area contributed by atoms with E-state index in [1.54, 1.807) is 36.4 Å². The number of halogens is 3. The van der Waals surface area contributed by atoms with Crippen molar-refractivity contribution in [2.24, 2.45) is 0 Å². The van der Waals surface area contributed by atoms with Crippen LogP contribution in [-0.4, -0.2) is 38.9 Å². The fourth-order valence-corrected chi connectivity index (χ4v) is 6.00. The van der Waals surface area contributed by atoms with Crippen molar-refractivity contribution in [2.45, 2.75) is 68.4 Å². The van der Waals surface area contributed by atoms with Gasteiger partial charge in [0, 0.05) is 16.5 Å². The number of ketones is 1. The molecule has 4 aromatic rings. The maximum absolute atomic E-state index is 13.2. The standard InChI is InChI=1S/C36H35F3O9S/c1-3-10-25-27(15-14-23(21(2)40)33(25)42)46-18-9-7-5-4-6-8-11-31(34(43)28-16-17-32(48-28)36(37,38)39)49-22-12-13-24-26(41)20-30(35(44)45)47-29(24)19-22/h4,6,8,11-17,19-20,31,34,42-43H,3,5,7,9-10,18H2,1-2H3,(H,44,45)/b6-4-,11-8+. The molecule has 2 atom stereocenters. The fourth-order valence-electron chi connectivity index (χ4n) is 4.93. The highest BCUT2D eigenvalue weighted by molar-refractivity contribution is 8.00. The van der Waals surface area contributed by atoms with Gasteiger partial charge in [-0.1, -0.05) is 37.6 Å². The van der Waals surface area contributed by atoms with Crippen molar-refractivity contribution >= 4 is 34.5 Å². The van der Waals surface area contributed by atoms with Crippen LogP contribution in [-0.2, 0) is 12.6 Å². The Morgan fingerprint density at radius 2 is 1.82 bits per heavy atom. The molecule has 0 saturated heterocycles. The van der Waals surface area contributed by atoms with Gasteiger partial charge in [-0.2, -0.15) is 13.2 Å². The van der Waals surface area contributed by atoms with E-state index in [9.17, 15) is 42.9 Å². The van der Waals surface area contributed by atoms with Gasteiger partial charge in [0.15, 0.2) is 11.2 Å². The number of benzene rings is 2. The van der Waals surface area contributed by atoms with E-state index in [1.165, 1.54) is 19.1 Å². The van der Waals surface area contributed by atoms with Crippen LogP contribution in [0.5, 0.6) is 11.5 Å². The molecule has 0 radical (unpaired) electrons. The second kappa shape index (κ2) is 16.6. The fraction of sp³-hybridized carbons (Fsp3) is 0.306. The number of aliphatic hydroxyl groups is 1. The number of phenolic OH excluding ortho intramolecular Hbond substituents is 1. The summed E-state index contributed by atoms with van der Waals surface area (Å²) in [4.78, 5) is 35.9. The molecule has 2 heterocycles. The molecule has 0 saturated carbocycles. The molecule has 2 unspecified atom stereocenters. The summed E-state index contributed by atoms with van der Waals surface area (Å²) in [5.41, 5.74) is 0.317. The highest BCUT2D eigenvalue weighted by Gasteiger charge is 2.36. The highest BCUT2D eigenvalue weighted by Crippen LogP contribution is 2.38. The first-order valence-corrected chi connectivity index (χ1v) is 16.3. The number of alkyl halides is 3. The predicted molar refractivity (Wildman–Crippen MR) is 177 cm³/mol. The molecule has 0 spiro atoms. The van der Waals surface area contributed by atoms with Gasteiger partial charge >= 0.3 is 12.1 Å². The van der Waals surface area contributed by atoms with E-state index in [1.807, 2.05) is 13.0 Å². The van der Waals surface area contributed by atoms with Crippen molar-refractivity contribution in [2.75, 3.05) is 6.61 Å². The van der Waals surface area contributed by atoms with Crippen molar-refractivity contribution in [1.82, 2.24) is 0 Å². The van der Waals surface area contributed by atoms with Crippen LogP contribution < -0.4 is 10.2 Å². The van der Waals surface area contributed by atoms with E-state index in [-0.39, 0.29) is 33.8 Å². The zero-order valence-corrected chi connectivity index (χ0v) is 27.5. The van der Waals surface area contributed by atoms with Crippen LogP contribution in [0.1, 0.15) is 83.6 Å². The average Bonchev–Trinajstić information content (AvgIpc) is 3.56. The number of allylic oxidation sites excluding steroid dienone is 3. The largest absolute Gasteiger partial charge is 0.507 e. The van der Waals surface area contributed by atoms with Crippen molar-refractivity contribution in [1.29, 1.82) is 0 Å². The molecule has 0 bridgehead atoms. The normalized spacial score (nSPS) is 13.3. The molecule has 0 aliphatic carbocycles. The maximum atomic E-state index is 13.2. The minimum atomic E-state index is -4.73. The molecule has 49 heavy (non-hydrogen) atoms. The number of Topliss-reactive ketones (excluding diaryl/α,β-unsaturated/α-hetero) is 1. The van der Waals surface area contributed by atoms with Crippen molar-refractivity contribution < 1.29 is 51.7 Å². The van der Waals surface area contributed by atoms with Gasteiger partial charge in [-0.3, -0.25) is 9.59 Å². The molecule has 13 heteroatoms. The molecule has 0 aliphatic rings. The lowest BCUT2D eigenvalue weighted by Crippen LogP contribution is -2.12. The third kappa shape index (κ3) is 9.67. The van der Waals surface area contributed by atoms with E-state index in [0.29, 0.717) is 42.1 Å². The number of ether oxygens (including phenoxy) is 1. The number of aromatic carboxylic acids is 1. The zero-order chi connectivity index (χ0) is 35.7. The predicted octanol–water partition coefficient (Wildman–Crippen LogP) is 8.52. The van der Waals surface area contributed by atoms with Gasteiger partial charge in [0.05, 0.1) is 22.8 Å². The number of fused-ring (bicyclic) bond motifs is 1. The minimum Gasteiger partial charge on any atom is -0.507 e. The number of carboxylic acid groups (broad SMARTS) is 1. The number of furan rings is 1. The molecule has 2 aromatic heterocycles. The van der Waals surface area contributed by atoms with Gasteiger partial charge in [-0.05, 0) is 75.1 Å². The second-order valence-electron chi connectivity index (χ2n) is 11.1. The van der Waals surface area contributed by atoms with Crippen LogP contribution in [0.2, 0.25) is 0 Å². The summed E-state index contributed by atoms with van der Waals surface area (Å²) in [6, 6.07) is 10.3. The zero-order valence-electron chi connectivity index (χ0n) is 26.7. The lowest BCUT2D eigenvalue weighted by molar-refractivity contribution is -0.153. The topological polar surface area (TPSA) is 147 Å². The van der Waals surface area contributed by atoms with E-state index in [0.717, 1.165) is 42.8 Å². The highest BCUT2D eigenvalue weighted by atomic mass is 32.2. The number of aliphatic hydroxyl groups excluding tert-OH is 1. The van der Waals surface area contributed by atoms with Gasteiger partial charge in [0.2, 0.25) is 11.5 Å². The number of thioether (sulfide) groups is 1. The Hall–Kier alpha value is -4.75. The van der Waals surface area contributed by atoms with Crippen molar-refractivity contribution in [3.63, 3.8) is 0 Å². The van der Waals surface area contributed by atoms with Crippen LogP contribution >= 0.6 is 11.8 Å². The lowest BCUT2D eigenvalue weighted by Gasteiger charge is -2.18. The average molecular weight is 701 g/mol. The molecule has 3 N–H and O–H groups in total. The number of carbonyl (C=O) groups is 2. The Bertz CT molecular complexity index is 1910. The molecular formula is C36H35F3O9S. The van der Waals surface area contributed by atoms with Crippen molar-refractivity contribution in [3.8, 4) is 11.5 Å². The minimum absolute atomic E-state index is 0.000171. The Morgan fingerprint density at radius 3 is 2.49 bits per heavy atom. The number of rotatable bonds is 16. The van der Waals surface area contributed by atoms with Crippen molar-refractivity contribution in [3.05, 3.63) is 111 Å². The molecule has 0 amide bonds. The summed E-state index contributed by atoms with van der Waals surface area (Å²) in [6.45, 7) is 3.76. The van der Waals surface area contributed by atoms with Gasteiger partial charge in [0.25, 0.3) is 0 Å². The number of phenols is 1. The second-order valence-corrected chi connectivity index (χ2v) is 12.3. The van der Waals surface area contributed by atoms with Gasteiger partial charge in [-0.15, -0.1) is 11.8 Å². The molecule has 2 aromatic carbocycles. The molecule has 0 aliphatic heterocycles. The summed E-state index contributed by atoms with van der Waals surface area (Å²) in [6.07, 6.45) is 4.09. The van der Waals surface area contributed by atoms with Crippen LogP contribution in [0.3, 0.4) is 0 Å². The molecular weight excluding hydrogens is 665 g/mol. The van der Waals surface area contributed by atoms with E-state index in [4.69, 9.17) is 13.6 Å². The van der Waals surface area contributed by atoms with E-state index >= 15 is 0 Å². The number of carbonyl (C=O) groups excluding carboxylic acids is 1. The first-order chi connectivity index (χ1) is 23.3. The van der Waals surface area contributed by atoms with Crippen LogP contribution in [0, 0.1) is 0 Å². The quantitative estimate of drug-likeness (QED) is 0.0450. The SMILES string of the molecule is CCCc1c(OCCCC/C=C\C=C\C(Sc2ccc3c(=O)cc(C(=O)O)oc3c2)C(O)c2ccc(C(F)(F)F)o2)ccc(C(C)=O)c1O. The molecule has 0 fully saturated rings. The Balaban J connectivity index is 1.42. The number of carboxylic acids is 1. The van der Waals surface area contributed by atoms with E-state index < -0.39 is 40.4 Å². The van der Waals surface area contributed by atoms with Crippen LogP contribution in [0.25, 0.3) is 11.0 Å². The number of aromatic hydroxyl groups is 1. The lowest BCUT2D eigenvalue weighted by atomic mass is 10.0. The Kier molecular flexibility index (Phi) is 12.5. The van der Waals surface area contributed by atoms with Crippen LogP contribution in [0.15, 0.2) is 91.4 Å². The number of unbranched alkanes of at least 4 members (excludes halogenated alkanes) is 2. The number of hydrogen-bond donors (Lipinski definition) is 3.